The number of ether oxygens (including phenoxy) is 2. The van der Waals surface area contributed by atoms with Crippen molar-refractivity contribution in [2.75, 3.05) is 33.5 Å². The molecule has 0 atom stereocenters. The third-order valence-corrected chi connectivity index (χ3v) is 4.27. The Kier molecular flexibility index (Phi) is 8.13. The highest BCUT2D eigenvalue weighted by Crippen LogP contribution is 2.28. The Balaban J connectivity index is 1.99. The number of alkyl halides is 1. The van der Waals surface area contributed by atoms with E-state index in [2.05, 4.69) is 27.9 Å². The Morgan fingerprint density at radius 3 is 2.65 bits per heavy atom. The fourth-order valence-electron chi connectivity index (χ4n) is 1.94. The van der Waals surface area contributed by atoms with Gasteiger partial charge in [0.15, 0.2) is 0 Å². The molecule has 1 aliphatic rings. The van der Waals surface area contributed by atoms with Gasteiger partial charge in [0.1, 0.15) is 6.61 Å². The summed E-state index contributed by atoms with van der Waals surface area (Å²) in [6.07, 6.45) is 5.04. The number of carbonyl (C=O) groups excluding carboxylic acids is 1. The van der Waals surface area contributed by atoms with Gasteiger partial charge in [-0.3, -0.25) is 4.79 Å². The minimum absolute atomic E-state index is 0.0160. The average molecular weight is 355 g/mol. The van der Waals surface area contributed by atoms with E-state index in [-0.39, 0.29) is 12.5 Å². The molecule has 0 radical (unpaired) electrons. The van der Waals surface area contributed by atoms with Crippen molar-refractivity contribution in [3.8, 4) is 0 Å². The van der Waals surface area contributed by atoms with Gasteiger partial charge in [0.05, 0.1) is 13.2 Å². The van der Waals surface area contributed by atoms with E-state index >= 15 is 0 Å². The number of amides is 1. The van der Waals surface area contributed by atoms with E-state index in [9.17, 15) is 4.79 Å². The average Bonchev–Trinajstić information content (AvgIpc) is 2.34. The molecule has 0 spiro atoms. The first-order chi connectivity index (χ1) is 8.22. The van der Waals surface area contributed by atoms with Gasteiger partial charge in [-0.25, -0.2) is 0 Å². The van der Waals surface area contributed by atoms with E-state index in [1.54, 1.807) is 7.11 Å². The van der Waals surface area contributed by atoms with Crippen molar-refractivity contribution >= 4 is 28.5 Å². The van der Waals surface area contributed by atoms with Crippen LogP contribution in [0.2, 0.25) is 0 Å². The molecule has 0 aromatic rings. The van der Waals surface area contributed by atoms with Crippen LogP contribution in [-0.4, -0.2) is 43.3 Å². The molecule has 1 fully saturated rings. The molecule has 5 heteroatoms. The van der Waals surface area contributed by atoms with Crippen LogP contribution in [0.15, 0.2) is 0 Å². The Labute approximate surface area is 117 Å². The second-order valence-corrected chi connectivity index (χ2v) is 6.23. The van der Waals surface area contributed by atoms with E-state index in [0.717, 1.165) is 10.5 Å². The van der Waals surface area contributed by atoms with Crippen LogP contribution in [0, 0.1) is 5.92 Å². The quantitative estimate of drug-likeness (QED) is 0.430. The maximum Gasteiger partial charge on any atom is 0.246 e. The third-order valence-electron chi connectivity index (χ3n) is 3.03. The molecule has 0 unspecified atom stereocenters. The first-order valence-corrected chi connectivity index (χ1v) is 7.44. The van der Waals surface area contributed by atoms with Gasteiger partial charge in [-0.1, -0.05) is 22.6 Å². The largest absolute Gasteiger partial charge is 0.382 e. The van der Waals surface area contributed by atoms with E-state index in [1.807, 2.05) is 0 Å². The molecule has 0 aromatic carbocycles. The van der Waals surface area contributed by atoms with Crippen LogP contribution < -0.4 is 5.32 Å². The highest BCUT2D eigenvalue weighted by Gasteiger charge is 2.19. The molecule has 0 aliphatic heterocycles. The van der Waals surface area contributed by atoms with Gasteiger partial charge in [0.2, 0.25) is 5.91 Å². The van der Waals surface area contributed by atoms with Crippen molar-refractivity contribution in [3.63, 3.8) is 0 Å². The molecule has 17 heavy (non-hydrogen) atoms. The smallest absolute Gasteiger partial charge is 0.246 e. The molecule has 1 rings (SSSR count). The van der Waals surface area contributed by atoms with Crippen molar-refractivity contribution in [3.05, 3.63) is 0 Å². The molecule has 1 amide bonds. The zero-order valence-corrected chi connectivity index (χ0v) is 12.6. The Morgan fingerprint density at radius 2 is 2.00 bits per heavy atom. The number of methoxy groups -OCH3 is 1. The molecule has 0 heterocycles. The lowest BCUT2D eigenvalue weighted by molar-refractivity contribution is -0.126. The molecule has 1 saturated carbocycles. The van der Waals surface area contributed by atoms with E-state index < -0.39 is 0 Å². The zero-order valence-electron chi connectivity index (χ0n) is 10.4. The lowest BCUT2D eigenvalue weighted by atomic mass is 9.89. The highest BCUT2D eigenvalue weighted by molar-refractivity contribution is 14.1. The monoisotopic (exact) mass is 355 g/mol. The lowest BCUT2D eigenvalue weighted by Gasteiger charge is -2.25. The van der Waals surface area contributed by atoms with E-state index in [0.29, 0.717) is 19.1 Å². The van der Waals surface area contributed by atoms with Gasteiger partial charge in [-0.05, 0) is 31.6 Å². The SMILES string of the molecule is COCCOCC(=O)NCC1CCC(I)CC1. The molecule has 0 saturated heterocycles. The number of hydrogen-bond donors (Lipinski definition) is 1. The summed E-state index contributed by atoms with van der Waals surface area (Å²) in [5, 5.41) is 2.94. The van der Waals surface area contributed by atoms with Crippen molar-refractivity contribution in [1.29, 1.82) is 0 Å². The molecular formula is C12H22INO3. The molecule has 100 valence electrons. The summed E-state index contributed by atoms with van der Waals surface area (Å²) < 4.78 is 10.8. The first-order valence-electron chi connectivity index (χ1n) is 6.19. The number of halogens is 1. The van der Waals surface area contributed by atoms with Crippen LogP contribution >= 0.6 is 22.6 Å². The van der Waals surface area contributed by atoms with Crippen molar-refractivity contribution in [2.24, 2.45) is 5.92 Å². The fourth-order valence-corrected chi connectivity index (χ4v) is 2.66. The Hall–Kier alpha value is 0.120. The van der Waals surface area contributed by atoms with Crippen LogP contribution in [0.1, 0.15) is 25.7 Å². The van der Waals surface area contributed by atoms with E-state index in [1.165, 1.54) is 25.7 Å². The summed E-state index contributed by atoms with van der Waals surface area (Å²) in [7, 11) is 1.62. The summed E-state index contributed by atoms with van der Waals surface area (Å²) in [4.78, 5) is 11.4. The molecule has 0 aromatic heterocycles. The van der Waals surface area contributed by atoms with Crippen molar-refractivity contribution in [1.82, 2.24) is 5.32 Å². The number of rotatable bonds is 7. The van der Waals surface area contributed by atoms with Gasteiger partial charge < -0.3 is 14.8 Å². The van der Waals surface area contributed by atoms with Crippen LogP contribution in [0.5, 0.6) is 0 Å². The highest BCUT2D eigenvalue weighted by atomic mass is 127. The molecule has 1 aliphatic carbocycles. The standard InChI is InChI=1S/C12H22INO3/c1-16-6-7-17-9-12(15)14-8-10-2-4-11(13)5-3-10/h10-11H,2-9H2,1H3,(H,14,15). The number of carbonyl (C=O) groups is 1. The number of nitrogens with one attached hydrogen (secondary N) is 1. The maximum atomic E-state index is 11.4. The first kappa shape index (κ1) is 15.2. The molecule has 0 bridgehead atoms. The summed E-state index contributed by atoms with van der Waals surface area (Å²) in [6, 6.07) is 0. The lowest BCUT2D eigenvalue weighted by Crippen LogP contribution is -2.34. The van der Waals surface area contributed by atoms with Gasteiger partial charge in [0, 0.05) is 17.6 Å². The van der Waals surface area contributed by atoms with Crippen LogP contribution in [0.4, 0.5) is 0 Å². The molecule has 1 N–H and O–H groups in total. The summed E-state index contributed by atoms with van der Waals surface area (Å²) in [6.45, 7) is 1.96. The molecular weight excluding hydrogens is 333 g/mol. The Morgan fingerprint density at radius 1 is 1.29 bits per heavy atom. The molecule has 4 nitrogen and oxygen atoms in total. The number of hydrogen-bond acceptors (Lipinski definition) is 3. The van der Waals surface area contributed by atoms with Crippen LogP contribution in [0.3, 0.4) is 0 Å². The summed E-state index contributed by atoms with van der Waals surface area (Å²) in [5.74, 6) is 0.640. The van der Waals surface area contributed by atoms with Crippen LogP contribution in [-0.2, 0) is 14.3 Å². The predicted octanol–water partition coefficient (Wildman–Crippen LogP) is 1.76. The summed E-state index contributed by atoms with van der Waals surface area (Å²) in [5.41, 5.74) is 0. The predicted molar refractivity (Wildman–Crippen MR) is 75.5 cm³/mol. The van der Waals surface area contributed by atoms with Crippen LogP contribution in [0.25, 0.3) is 0 Å². The second kappa shape index (κ2) is 9.10. The maximum absolute atomic E-state index is 11.4. The van der Waals surface area contributed by atoms with Gasteiger partial charge >= 0.3 is 0 Å². The minimum atomic E-state index is -0.0160. The topological polar surface area (TPSA) is 47.6 Å². The minimum Gasteiger partial charge on any atom is -0.382 e. The van der Waals surface area contributed by atoms with Gasteiger partial charge in [-0.2, -0.15) is 0 Å². The Bertz CT molecular complexity index is 218. The summed E-state index contributed by atoms with van der Waals surface area (Å²) >= 11 is 2.52. The van der Waals surface area contributed by atoms with Gasteiger partial charge in [0.25, 0.3) is 0 Å². The fraction of sp³-hybridized carbons (Fsp3) is 0.917. The zero-order chi connectivity index (χ0) is 12.5. The van der Waals surface area contributed by atoms with Crippen molar-refractivity contribution in [2.45, 2.75) is 29.6 Å². The normalized spacial score (nSPS) is 24.6. The van der Waals surface area contributed by atoms with Gasteiger partial charge in [-0.15, -0.1) is 0 Å². The second-order valence-electron chi connectivity index (χ2n) is 4.47. The third kappa shape index (κ3) is 7.21. The van der Waals surface area contributed by atoms with Crippen molar-refractivity contribution < 1.29 is 14.3 Å². The van der Waals surface area contributed by atoms with E-state index in [4.69, 9.17) is 9.47 Å².